The van der Waals surface area contributed by atoms with Gasteiger partial charge < -0.3 is 14.4 Å². The van der Waals surface area contributed by atoms with Crippen molar-refractivity contribution in [2.75, 3.05) is 0 Å². The molecule has 2 aromatic rings. The first-order chi connectivity index (χ1) is 9.38. The monoisotopic (exact) mass is 277 g/mol. The Hall–Kier alpha value is -2.44. The summed E-state index contributed by atoms with van der Waals surface area (Å²) in [5.74, 6) is -0.0605. The van der Waals surface area contributed by atoms with Crippen LogP contribution in [0.25, 0.3) is 0 Å². The van der Waals surface area contributed by atoms with Crippen LogP contribution in [-0.2, 0) is 12.0 Å². The van der Waals surface area contributed by atoms with Crippen molar-refractivity contribution >= 4 is 5.97 Å². The number of ether oxygens (including phenoxy) is 1. The predicted molar refractivity (Wildman–Crippen MR) is 68.5 cm³/mol. The van der Waals surface area contributed by atoms with Crippen molar-refractivity contribution in [1.29, 1.82) is 0 Å². The molecule has 0 fully saturated rings. The Balaban J connectivity index is 2.10. The Morgan fingerprint density at radius 1 is 1.45 bits per heavy atom. The number of carboxylic acids is 1. The van der Waals surface area contributed by atoms with E-state index in [0.717, 1.165) is 0 Å². The summed E-state index contributed by atoms with van der Waals surface area (Å²) in [5, 5.41) is 12.9. The Kier molecular flexibility index (Phi) is 3.69. The average Bonchev–Trinajstić information content (AvgIpc) is 2.85. The van der Waals surface area contributed by atoms with E-state index in [0.29, 0.717) is 5.82 Å². The van der Waals surface area contributed by atoms with Gasteiger partial charge in [-0.2, -0.15) is 4.98 Å². The van der Waals surface area contributed by atoms with E-state index < -0.39 is 5.97 Å². The van der Waals surface area contributed by atoms with E-state index >= 15 is 0 Å². The molecule has 0 spiro atoms. The minimum absolute atomic E-state index is 0.00491. The first-order valence-electron chi connectivity index (χ1n) is 6.01. The van der Waals surface area contributed by atoms with E-state index in [-0.39, 0.29) is 29.2 Å². The van der Waals surface area contributed by atoms with Crippen LogP contribution in [-0.4, -0.2) is 26.2 Å². The van der Waals surface area contributed by atoms with E-state index in [4.69, 9.17) is 14.4 Å². The molecule has 0 aliphatic rings. The highest BCUT2D eigenvalue weighted by atomic mass is 16.5. The van der Waals surface area contributed by atoms with Gasteiger partial charge in [-0.3, -0.25) is 4.98 Å². The maximum Gasteiger partial charge on any atom is 0.339 e. The van der Waals surface area contributed by atoms with Crippen LogP contribution in [0.3, 0.4) is 0 Å². The maximum atomic E-state index is 11.0. The van der Waals surface area contributed by atoms with Crippen LogP contribution >= 0.6 is 0 Å². The molecule has 0 bridgehead atoms. The molecule has 0 saturated heterocycles. The second kappa shape index (κ2) is 5.28. The quantitative estimate of drug-likeness (QED) is 0.912. The molecule has 0 aliphatic heterocycles. The Morgan fingerprint density at radius 3 is 2.80 bits per heavy atom. The zero-order valence-corrected chi connectivity index (χ0v) is 11.5. The second-order valence-corrected chi connectivity index (χ2v) is 5.23. The third-order valence-electron chi connectivity index (χ3n) is 2.50. The van der Waals surface area contributed by atoms with Gasteiger partial charge in [0.15, 0.2) is 18.2 Å². The van der Waals surface area contributed by atoms with Crippen molar-refractivity contribution in [3.8, 4) is 5.75 Å². The minimum Gasteiger partial charge on any atom is -0.481 e. The van der Waals surface area contributed by atoms with Gasteiger partial charge in [0.25, 0.3) is 5.89 Å². The number of hydrogen-bond donors (Lipinski definition) is 1. The molecule has 0 unspecified atom stereocenters. The smallest absolute Gasteiger partial charge is 0.339 e. The fraction of sp³-hybridized carbons (Fsp3) is 0.385. The van der Waals surface area contributed by atoms with Gasteiger partial charge in [0.05, 0.1) is 6.20 Å². The number of hydrogen-bond acceptors (Lipinski definition) is 6. The lowest BCUT2D eigenvalue weighted by Crippen LogP contribution is -2.13. The summed E-state index contributed by atoms with van der Waals surface area (Å²) in [5.41, 5.74) is -0.182. The van der Waals surface area contributed by atoms with Gasteiger partial charge in [0.2, 0.25) is 0 Å². The van der Waals surface area contributed by atoms with Crippen LogP contribution in [0.1, 0.15) is 42.8 Å². The average molecular weight is 277 g/mol. The largest absolute Gasteiger partial charge is 0.481 e. The highest BCUT2D eigenvalue weighted by Crippen LogP contribution is 2.20. The lowest BCUT2D eigenvalue weighted by atomic mass is 9.96. The molecule has 7 heteroatoms. The van der Waals surface area contributed by atoms with E-state index in [2.05, 4.69) is 15.1 Å². The molecule has 0 radical (unpaired) electrons. The molecule has 2 aromatic heterocycles. The molecular weight excluding hydrogens is 262 g/mol. The van der Waals surface area contributed by atoms with Gasteiger partial charge in [-0.05, 0) is 6.07 Å². The molecule has 0 saturated carbocycles. The molecule has 106 valence electrons. The highest BCUT2D eigenvalue weighted by Gasteiger charge is 2.21. The van der Waals surface area contributed by atoms with E-state index in [1.165, 1.54) is 18.5 Å². The third kappa shape index (κ3) is 3.11. The van der Waals surface area contributed by atoms with Crippen molar-refractivity contribution in [2.24, 2.45) is 0 Å². The van der Waals surface area contributed by atoms with Gasteiger partial charge >= 0.3 is 5.97 Å². The SMILES string of the molecule is CC(C)(C)c1noc(COc2cnccc2C(=O)O)n1. The summed E-state index contributed by atoms with van der Waals surface area (Å²) < 4.78 is 10.4. The fourth-order valence-electron chi connectivity index (χ4n) is 1.43. The summed E-state index contributed by atoms with van der Waals surface area (Å²) in [6.07, 6.45) is 2.73. The molecule has 2 rings (SSSR count). The van der Waals surface area contributed by atoms with Crippen LogP contribution in [0.5, 0.6) is 5.75 Å². The number of carbonyl (C=O) groups is 1. The second-order valence-electron chi connectivity index (χ2n) is 5.23. The summed E-state index contributed by atoms with van der Waals surface area (Å²) >= 11 is 0. The molecule has 2 heterocycles. The number of pyridine rings is 1. The lowest BCUT2D eigenvalue weighted by Gasteiger charge is -2.10. The zero-order chi connectivity index (χ0) is 14.8. The zero-order valence-electron chi connectivity index (χ0n) is 11.5. The molecule has 7 nitrogen and oxygen atoms in total. The van der Waals surface area contributed by atoms with Gasteiger partial charge in [-0.15, -0.1) is 0 Å². The Morgan fingerprint density at radius 2 is 2.20 bits per heavy atom. The number of aromatic nitrogens is 3. The summed E-state index contributed by atoms with van der Waals surface area (Å²) in [6, 6.07) is 1.37. The predicted octanol–water partition coefficient (Wildman–Crippen LogP) is 2.04. The van der Waals surface area contributed by atoms with Gasteiger partial charge in [-0.1, -0.05) is 25.9 Å². The molecular formula is C13H15N3O4. The molecule has 0 atom stereocenters. The number of nitrogens with zero attached hydrogens (tertiary/aromatic N) is 3. The van der Waals surface area contributed by atoms with Gasteiger partial charge in [0.1, 0.15) is 5.56 Å². The number of aromatic carboxylic acids is 1. The van der Waals surface area contributed by atoms with Crippen LogP contribution < -0.4 is 4.74 Å². The normalized spacial score (nSPS) is 11.3. The van der Waals surface area contributed by atoms with Crippen molar-refractivity contribution < 1.29 is 19.2 Å². The van der Waals surface area contributed by atoms with Crippen LogP contribution in [0.15, 0.2) is 23.0 Å². The lowest BCUT2D eigenvalue weighted by molar-refractivity contribution is 0.0690. The van der Waals surface area contributed by atoms with Crippen molar-refractivity contribution in [2.45, 2.75) is 32.8 Å². The van der Waals surface area contributed by atoms with E-state index in [1.807, 2.05) is 20.8 Å². The molecule has 0 aliphatic carbocycles. The van der Waals surface area contributed by atoms with Gasteiger partial charge in [0, 0.05) is 11.6 Å². The Bertz CT molecular complexity index is 616. The topological polar surface area (TPSA) is 98.3 Å². The fourth-order valence-corrected chi connectivity index (χ4v) is 1.43. The summed E-state index contributed by atoms with van der Waals surface area (Å²) in [6.45, 7) is 5.89. The first-order valence-corrected chi connectivity index (χ1v) is 6.01. The minimum atomic E-state index is -1.08. The molecule has 0 amide bonds. The van der Waals surface area contributed by atoms with Crippen LogP contribution in [0.4, 0.5) is 0 Å². The first kappa shape index (κ1) is 14.0. The summed E-state index contributed by atoms with van der Waals surface area (Å²) in [7, 11) is 0. The van der Waals surface area contributed by atoms with Gasteiger partial charge in [-0.25, -0.2) is 4.79 Å². The molecule has 0 aromatic carbocycles. The standard InChI is InChI=1S/C13H15N3O4/c1-13(2,3)12-15-10(20-16-12)7-19-9-6-14-5-4-8(9)11(17)18/h4-6H,7H2,1-3H3,(H,17,18). The van der Waals surface area contributed by atoms with Crippen LogP contribution in [0, 0.1) is 0 Å². The number of rotatable bonds is 4. The number of carboxylic acid groups (broad SMARTS) is 1. The van der Waals surface area contributed by atoms with E-state index in [9.17, 15) is 4.79 Å². The van der Waals surface area contributed by atoms with Crippen molar-refractivity contribution in [1.82, 2.24) is 15.1 Å². The van der Waals surface area contributed by atoms with Crippen LogP contribution in [0.2, 0.25) is 0 Å². The summed E-state index contributed by atoms with van der Waals surface area (Å²) in [4.78, 5) is 19.0. The third-order valence-corrected chi connectivity index (χ3v) is 2.50. The Labute approximate surface area is 115 Å². The highest BCUT2D eigenvalue weighted by molar-refractivity contribution is 5.90. The molecule has 1 N–H and O–H groups in total. The van der Waals surface area contributed by atoms with Crippen molar-refractivity contribution in [3.05, 3.63) is 35.7 Å². The van der Waals surface area contributed by atoms with E-state index in [1.54, 1.807) is 0 Å². The maximum absolute atomic E-state index is 11.0. The molecule has 20 heavy (non-hydrogen) atoms. The van der Waals surface area contributed by atoms with Crippen molar-refractivity contribution in [3.63, 3.8) is 0 Å².